The van der Waals surface area contributed by atoms with Gasteiger partial charge in [-0.1, -0.05) is 53.8 Å². The molecule has 0 saturated heterocycles. The van der Waals surface area contributed by atoms with Gasteiger partial charge in [0.05, 0.1) is 15.8 Å². The maximum absolute atomic E-state index is 13.8. The Morgan fingerprint density at radius 3 is 2.61 bits per heavy atom. The molecule has 1 N–H and O–H groups in total. The Labute approximate surface area is 214 Å². The van der Waals surface area contributed by atoms with Gasteiger partial charge in [0.15, 0.2) is 4.80 Å². The fourth-order valence-electron chi connectivity index (χ4n) is 4.68. The van der Waals surface area contributed by atoms with Gasteiger partial charge in [0.25, 0.3) is 11.5 Å². The molecule has 0 bridgehead atoms. The number of thiazole rings is 1. The summed E-state index contributed by atoms with van der Waals surface area (Å²) in [7, 11) is 2.00. The molecule has 0 aliphatic carbocycles. The Bertz CT molecular complexity index is 1820. The number of nitrogens with zero attached hydrogens (tertiary/aromatic N) is 3. The third-order valence-electron chi connectivity index (χ3n) is 6.33. The quantitative estimate of drug-likeness (QED) is 0.389. The van der Waals surface area contributed by atoms with Crippen molar-refractivity contribution in [2.75, 3.05) is 5.32 Å². The first kappa shape index (κ1) is 22.5. The molecule has 0 spiro atoms. The van der Waals surface area contributed by atoms with E-state index in [0.29, 0.717) is 26.3 Å². The smallest absolute Gasteiger partial charge is 0.271 e. The van der Waals surface area contributed by atoms with Crippen LogP contribution in [-0.4, -0.2) is 15.0 Å². The molecule has 8 heteroatoms. The number of aryl methyl sites for hydroxylation is 1. The van der Waals surface area contributed by atoms with Gasteiger partial charge in [-0.25, -0.2) is 4.99 Å². The molecule has 2 aromatic carbocycles. The van der Waals surface area contributed by atoms with Crippen molar-refractivity contribution in [3.8, 4) is 0 Å². The summed E-state index contributed by atoms with van der Waals surface area (Å²) in [5.74, 6) is -0.260. The molecule has 6 rings (SSSR count). The van der Waals surface area contributed by atoms with Gasteiger partial charge in [-0.3, -0.25) is 14.2 Å². The van der Waals surface area contributed by atoms with Crippen LogP contribution in [0.1, 0.15) is 23.4 Å². The molecule has 1 aliphatic rings. The van der Waals surface area contributed by atoms with E-state index in [1.807, 2.05) is 86.2 Å². The van der Waals surface area contributed by atoms with E-state index in [0.717, 1.165) is 21.3 Å². The largest absolute Gasteiger partial charge is 0.350 e. The minimum absolute atomic E-state index is 0.150. The minimum Gasteiger partial charge on any atom is -0.350 e. The SMILES string of the molecule is CC1=C(C(=O)Nc2ccccc2)C(c2cccs2)n2c(s/c(=C/c3cn(C)c4ccccc34)c2=O)=N1. The van der Waals surface area contributed by atoms with Crippen molar-refractivity contribution in [3.05, 3.63) is 120 Å². The first-order valence-electron chi connectivity index (χ1n) is 11.5. The number of carbonyl (C=O) groups excluding carboxylic acids is 1. The van der Waals surface area contributed by atoms with Crippen molar-refractivity contribution in [1.82, 2.24) is 9.13 Å². The maximum Gasteiger partial charge on any atom is 0.271 e. The van der Waals surface area contributed by atoms with E-state index in [1.165, 1.54) is 22.7 Å². The van der Waals surface area contributed by atoms with Crippen LogP contribution < -0.4 is 20.2 Å². The van der Waals surface area contributed by atoms with Gasteiger partial charge in [-0.2, -0.15) is 0 Å². The van der Waals surface area contributed by atoms with Crippen molar-refractivity contribution in [1.29, 1.82) is 0 Å². The van der Waals surface area contributed by atoms with Crippen molar-refractivity contribution >= 4 is 51.2 Å². The van der Waals surface area contributed by atoms with Crippen LogP contribution in [0.15, 0.2) is 99.4 Å². The van der Waals surface area contributed by atoms with Crippen LogP contribution in [0.3, 0.4) is 0 Å². The highest BCUT2D eigenvalue weighted by atomic mass is 32.1. The van der Waals surface area contributed by atoms with E-state index in [-0.39, 0.29) is 11.5 Å². The van der Waals surface area contributed by atoms with E-state index in [4.69, 9.17) is 4.99 Å². The highest BCUT2D eigenvalue weighted by Crippen LogP contribution is 2.33. The molecule has 36 heavy (non-hydrogen) atoms. The molecular formula is C28H22N4O2S2. The molecule has 1 amide bonds. The van der Waals surface area contributed by atoms with Crippen LogP contribution in [0, 0.1) is 0 Å². The van der Waals surface area contributed by atoms with Crippen LogP contribution in [0.2, 0.25) is 0 Å². The Morgan fingerprint density at radius 2 is 1.83 bits per heavy atom. The lowest BCUT2D eigenvalue weighted by Crippen LogP contribution is -2.40. The monoisotopic (exact) mass is 510 g/mol. The van der Waals surface area contributed by atoms with E-state index in [2.05, 4.69) is 22.0 Å². The van der Waals surface area contributed by atoms with Crippen LogP contribution in [0.4, 0.5) is 5.69 Å². The molecule has 4 heterocycles. The highest BCUT2D eigenvalue weighted by Gasteiger charge is 2.33. The third kappa shape index (κ3) is 3.75. The number of hydrogen-bond donors (Lipinski definition) is 1. The van der Waals surface area contributed by atoms with Gasteiger partial charge in [-0.15, -0.1) is 11.3 Å². The Hall–Kier alpha value is -4.01. The van der Waals surface area contributed by atoms with Gasteiger partial charge < -0.3 is 9.88 Å². The normalized spacial score (nSPS) is 15.7. The molecule has 1 aliphatic heterocycles. The number of rotatable bonds is 4. The van der Waals surface area contributed by atoms with Crippen LogP contribution in [0.25, 0.3) is 17.0 Å². The fourth-order valence-corrected chi connectivity index (χ4v) is 6.54. The molecule has 5 aromatic rings. The summed E-state index contributed by atoms with van der Waals surface area (Å²) in [6.45, 7) is 1.84. The second kappa shape index (κ2) is 8.89. The zero-order valence-corrected chi connectivity index (χ0v) is 21.3. The number of fused-ring (bicyclic) bond motifs is 2. The number of hydrogen-bond acceptors (Lipinski definition) is 5. The van der Waals surface area contributed by atoms with Gasteiger partial charge in [0, 0.05) is 40.3 Å². The zero-order chi connectivity index (χ0) is 24.8. The molecular weight excluding hydrogens is 488 g/mol. The summed E-state index contributed by atoms with van der Waals surface area (Å²) < 4.78 is 4.31. The van der Waals surface area contributed by atoms with Gasteiger partial charge >= 0.3 is 0 Å². The number of allylic oxidation sites excluding steroid dienone is 1. The zero-order valence-electron chi connectivity index (χ0n) is 19.6. The molecule has 0 fully saturated rings. The number of carbonyl (C=O) groups is 1. The summed E-state index contributed by atoms with van der Waals surface area (Å²) >= 11 is 2.88. The number of aromatic nitrogens is 2. The van der Waals surface area contributed by atoms with Crippen LogP contribution in [0.5, 0.6) is 0 Å². The number of amides is 1. The van der Waals surface area contributed by atoms with Gasteiger partial charge in [0.1, 0.15) is 6.04 Å². The highest BCUT2D eigenvalue weighted by molar-refractivity contribution is 7.10. The predicted molar refractivity (Wildman–Crippen MR) is 146 cm³/mol. The van der Waals surface area contributed by atoms with Crippen molar-refractivity contribution in [2.24, 2.45) is 12.0 Å². The molecule has 1 unspecified atom stereocenters. The van der Waals surface area contributed by atoms with Gasteiger partial charge in [0.2, 0.25) is 0 Å². The summed E-state index contributed by atoms with van der Waals surface area (Å²) in [5.41, 5.74) is 3.71. The maximum atomic E-state index is 13.8. The average molecular weight is 511 g/mol. The number of anilines is 1. The molecule has 178 valence electrons. The Morgan fingerprint density at radius 1 is 1.06 bits per heavy atom. The van der Waals surface area contributed by atoms with Gasteiger partial charge in [-0.05, 0) is 42.6 Å². The topological polar surface area (TPSA) is 68.4 Å². The number of para-hydroxylation sites is 2. The predicted octanol–water partition coefficient (Wildman–Crippen LogP) is 4.43. The van der Waals surface area contributed by atoms with Crippen LogP contribution in [-0.2, 0) is 11.8 Å². The molecule has 1 atom stereocenters. The number of thiophene rings is 1. The summed E-state index contributed by atoms with van der Waals surface area (Å²) in [6.07, 6.45) is 3.96. The number of benzene rings is 2. The fraction of sp³-hybridized carbons (Fsp3) is 0.107. The van der Waals surface area contributed by atoms with Crippen LogP contribution >= 0.6 is 22.7 Å². The Balaban J connectivity index is 1.51. The summed E-state index contributed by atoms with van der Waals surface area (Å²) in [4.78, 5) is 33.6. The lowest BCUT2D eigenvalue weighted by atomic mass is 10.0. The lowest BCUT2D eigenvalue weighted by Gasteiger charge is -2.24. The summed E-state index contributed by atoms with van der Waals surface area (Å²) in [6, 6.07) is 20.8. The standard InChI is InChI=1S/C28H22N4O2S2/c1-17-24(26(33)30-19-9-4-3-5-10-19)25(22-13-8-14-35-22)32-27(34)23(36-28(32)29-17)15-18-16-31(2)21-12-7-6-11-20(18)21/h3-16,25H,1-2H3,(H,30,33)/b23-15+. The summed E-state index contributed by atoms with van der Waals surface area (Å²) in [5, 5.41) is 6.02. The first-order chi connectivity index (χ1) is 17.5. The molecule has 6 nitrogen and oxygen atoms in total. The molecule has 0 radical (unpaired) electrons. The Kier molecular flexibility index (Phi) is 5.55. The van der Waals surface area contributed by atoms with E-state index >= 15 is 0 Å². The van der Waals surface area contributed by atoms with E-state index < -0.39 is 6.04 Å². The average Bonchev–Trinajstić information content (AvgIpc) is 3.59. The van der Waals surface area contributed by atoms with Crippen molar-refractivity contribution in [3.63, 3.8) is 0 Å². The van der Waals surface area contributed by atoms with E-state index in [1.54, 1.807) is 4.57 Å². The second-order valence-corrected chi connectivity index (χ2v) is 10.6. The van der Waals surface area contributed by atoms with Crippen molar-refractivity contribution in [2.45, 2.75) is 13.0 Å². The molecule has 0 saturated carbocycles. The minimum atomic E-state index is -0.542. The molecule has 3 aromatic heterocycles. The third-order valence-corrected chi connectivity index (χ3v) is 8.23. The lowest BCUT2D eigenvalue weighted by molar-refractivity contribution is -0.113. The first-order valence-corrected chi connectivity index (χ1v) is 13.2. The second-order valence-electron chi connectivity index (χ2n) is 8.63. The van der Waals surface area contributed by atoms with Crippen molar-refractivity contribution < 1.29 is 4.79 Å². The number of nitrogens with one attached hydrogen (secondary N) is 1. The van der Waals surface area contributed by atoms with E-state index in [9.17, 15) is 9.59 Å².